The summed E-state index contributed by atoms with van der Waals surface area (Å²) in [5.41, 5.74) is 14.7. The van der Waals surface area contributed by atoms with Gasteiger partial charge in [-0.3, -0.25) is 9.59 Å². The molecule has 28 heavy (non-hydrogen) atoms. The van der Waals surface area contributed by atoms with Gasteiger partial charge in [-0.15, -0.1) is 0 Å². The lowest BCUT2D eigenvalue weighted by Crippen LogP contribution is -2.37. The van der Waals surface area contributed by atoms with Crippen molar-refractivity contribution >= 4 is 33.6 Å². The largest absolute Gasteiger partial charge is 0.351 e. The van der Waals surface area contributed by atoms with E-state index in [0.29, 0.717) is 13.1 Å². The van der Waals surface area contributed by atoms with Crippen LogP contribution < -0.4 is 22.1 Å². The predicted molar refractivity (Wildman–Crippen MR) is 110 cm³/mol. The molecule has 0 saturated carbocycles. The lowest BCUT2D eigenvalue weighted by atomic mass is 10.0. The number of para-hydroxylation sites is 2. The summed E-state index contributed by atoms with van der Waals surface area (Å²) in [6.45, 7) is 3.99. The molecular weight excluding hydrogens is 354 g/mol. The van der Waals surface area contributed by atoms with Crippen LogP contribution in [0.5, 0.6) is 0 Å². The van der Waals surface area contributed by atoms with Gasteiger partial charge in [0, 0.05) is 23.9 Å². The van der Waals surface area contributed by atoms with E-state index >= 15 is 0 Å². The van der Waals surface area contributed by atoms with Crippen LogP contribution in [-0.2, 0) is 22.7 Å². The van der Waals surface area contributed by atoms with Gasteiger partial charge >= 0.3 is 0 Å². The average molecular weight is 379 g/mol. The van der Waals surface area contributed by atoms with Crippen molar-refractivity contribution in [3.8, 4) is 0 Å². The van der Waals surface area contributed by atoms with Crippen molar-refractivity contribution in [1.82, 2.24) is 15.6 Å². The summed E-state index contributed by atoms with van der Waals surface area (Å²) in [6.07, 6.45) is 0. The molecular formula is C21H25N5O2. The molecule has 146 valence electrons. The Morgan fingerprint density at radius 3 is 1.68 bits per heavy atom. The molecule has 6 N–H and O–H groups in total. The van der Waals surface area contributed by atoms with Crippen LogP contribution in [0.1, 0.15) is 25.0 Å². The third-order valence-corrected chi connectivity index (χ3v) is 4.57. The molecule has 0 aliphatic heterocycles. The zero-order valence-corrected chi connectivity index (χ0v) is 16.0. The standard InChI is InChI=1S/C21H25N5O2/c1-12(22)20(27)24-10-16-7-3-5-14-9-15-6-4-8-17(19(15)26-18(14)16)11-25-21(28)13(2)23/h3-9,12-13H,10-11,22-23H2,1-2H3,(H,24,27)(H,25,28)/t12-,13-/m0/s1. The molecule has 0 unspecified atom stereocenters. The van der Waals surface area contributed by atoms with E-state index in [9.17, 15) is 9.59 Å². The number of amides is 2. The van der Waals surface area contributed by atoms with Crippen molar-refractivity contribution in [3.05, 3.63) is 53.6 Å². The SMILES string of the molecule is C[C@H](N)C(=O)NCc1cccc2cc3cccc(CNC(=O)[C@H](C)N)c3nc12. The zero-order valence-electron chi connectivity index (χ0n) is 16.0. The summed E-state index contributed by atoms with van der Waals surface area (Å²) in [6, 6.07) is 12.7. The van der Waals surface area contributed by atoms with Crippen molar-refractivity contribution in [2.24, 2.45) is 11.5 Å². The number of benzene rings is 2. The zero-order chi connectivity index (χ0) is 20.3. The van der Waals surface area contributed by atoms with Crippen LogP contribution in [0.2, 0.25) is 0 Å². The summed E-state index contributed by atoms with van der Waals surface area (Å²) in [7, 11) is 0. The summed E-state index contributed by atoms with van der Waals surface area (Å²) < 4.78 is 0. The molecule has 3 aromatic rings. The number of carbonyl (C=O) groups excluding carboxylic acids is 2. The second-order valence-electron chi connectivity index (χ2n) is 6.98. The number of rotatable bonds is 6. The Morgan fingerprint density at radius 1 is 0.857 bits per heavy atom. The maximum atomic E-state index is 11.8. The molecule has 3 rings (SSSR count). The van der Waals surface area contributed by atoms with Crippen molar-refractivity contribution in [1.29, 1.82) is 0 Å². The molecule has 0 bridgehead atoms. The monoisotopic (exact) mass is 379 g/mol. The van der Waals surface area contributed by atoms with Gasteiger partial charge in [0.15, 0.2) is 0 Å². The van der Waals surface area contributed by atoms with Crippen molar-refractivity contribution in [2.75, 3.05) is 0 Å². The van der Waals surface area contributed by atoms with E-state index in [2.05, 4.69) is 16.7 Å². The number of carbonyl (C=O) groups is 2. The van der Waals surface area contributed by atoms with E-state index in [1.807, 2.05) is 36.4 Å². The van der Waals surface area contributed by atoms with Gasteiger partial charge in [-0.1, -0.05) is 36.4 Å². The molecule has 0 fully saturated rings. The normalized spacial score (nSPS) is 13.3. The number of fused-ring (bicyclic) bond motifs is 2. The van der Waals surface area contributed by atoms with Crippen LogP contribution in [0.4, 0.5) is 0 Å². The highest BCUT2D eigenvalue weighted by molar-refractivity contribution is 5.95. The second-order valence-corrected chi connectivity index (χ2v) is 6.98. The third kappa shape index (κ3) is 4.27. The number of nitrogens with one attached hydrogen (secondary N) is 2. The van der Waals surface area contributed by atoms with E-state index in [1.54, 1.807) is 13.8 Å². The Bertz CT molecular complexity index is 951. The van der Waals surface area contributed by atoms with E-state index in [-0.39, 0.29) is 11.8 Å². The Kier molecular flexibility index (Phi) is 5.87. The lowest BCUT2D eigenvalue weighted by Gasteiger charge is -2.13. The summed E-state index contributed by atoms with van der Waals surface area (Å²) in [5, 5.41) is 7.63. The number of pyridine rings is 1. The fourth-order valence-corrected chi connectivity index (χ4v) is 2.98. The Hall–Kier alpha value is -3.03. The predicted octanol–water partition coefficient (Wildman–Crippen LogP) is 1.31. The Labute approximate surface area is 163 Å². The first-order chi connectivity index (χ1) is 13.4. The number of nitrogens with two attached hydrogens (primary N) is 2. The quantitative estimate of drug-likeness (QED) is 0.481. The third-order valence-electron chi connectivity index (χ3n) is 4.57. The van der Waals surface area contributed by atoms with Crippen LogP contribution in [0.15, 0.2) is 42.5 Å². The van der Waals surface area contributed by atoms with Crippen molar-refractivity contribution in [2.45, 2.75) is 39.0 Å². The highest BCUT2D eigenvalue weighted by atomic mass is 16.2. The summed E-state index contributed by atoms with van der Waals surface area (Å²) in [5.74, 6) is -0.422. The average Bonchev–Trinajstić information content (AvgIpc) is 2.68. The highest BCUT2D eigenvalue weighted by Gasteiger charge is 2.12. The number of aromatic nitrogens is 1. The molecule has 1 heterocycles. The maximum absolute atomic E-state index is 11.8. The van der Waals surface area contributed by atoms with E-state index < -0.39 is 12.1 Å². The van der Waals surface area contributed by atoms with Gasteiger partial charge in [0.25, 0.3) is 0 Å². The summed E-state index contributed by atoms with van der Waals surface area (Å²) in [4.78, 5) is 28.5. The molecule has 2 atom stereocenters. The first kappa shape index (κ1) is 19.7. The fraction of sp³-hybridized carbons (Fsp3) is 0.286. The van der Waals surface area contributed by atoms with Gasteiger partial charge < -0.3 is 22.1 Å². The molecule has 0 spiro atoms. The molecule has 7 nitrogen and oxygen atoms in total. The molecule has 0 saturated heterocycles. The molecule has 0 aliphatic rings. The molecule has 0 aliphatic carbocycles. The number of nitrogens with zero attached hydrogens (tertiary/aromatic N) is 1. The van der Waals surface area contributed by atoms with Crippen LogP contribution in [0.3, 0.4) is 0 Å². The van der Waals surface area contributed by atoms with Gasteiger partial charge in [-0.2, -0.15) is 0 Å². The van der Waals surface area contributed by atoms with Crippen molar-refractivity contribution < 1.29 is 9.59 Å². The Morgan fingerprint density at radius 2 is 1.29 bits per heavy atom. The fourth-order valence-electron chi connectivity index (χ4n) is 2.98. The highest BCUT2D eigenvalue weighted by Crippen LogP contribution is 2.24. The first-order valence-corrected chi connectivity index (χ1v) is 9.23. The lowest BCUT2D eigenvalue weighted by molar-refractivity contribution is -0.122. The molecule has 0 radical (unpaired) electrons. The minimum atomic E-state index is -0.566. The van der Waals surface area contributed by atoms with Gasteiger partial charge in [-0.25, -0.2) is 4.98 Å². The second kappa shape index (κ2) is 8.33. The smallest absolute Gasteiger partial charge is 0.236 e. The van der Waals surface area contributed by atoms with Gasteiger partial charge in [-0.05, 0) is 31.0 Å². The minimum Gasteiger partial charge on any atom is -0.351 e. The number of hydrogen-bond acceptors (Lipinski definition) is 5. The van der Waals surface area contributed by atoms with Gasteiger partial charge in [0.05, 0.1) is 23.1 Å². The molecule has 2 aromatic carbocycles. The van der Waals surface area contributed by atoms with Crippen LogP contribution >= 0.6 is 0 Å². The van der Waals surface area contributed by atoms with Crippen LogP contribution in [-0.4, -0.2) is 28.9 Å². The maximum Gasteiger partial charge on any atom is 0.236 e. The van der Waals surface area contributed by atoms with E-state index in [0.717, 1.165) is 32.9 Å². The van der Waals surface area contributed by atoms with Crippen molar-refractivity contribution in [3.63, 3.8) is 0 Å². The summed E-state index contributed by atoms with van der Waals surface area (Å²) >= 11 is 0. The molecule has 2 amide bonds. The van der Waals surface area contributed by atoms with Gasteiger partial charge in [0.2, 0.25) is 11.8 Å². The minimum absolute atomic E-state index is 0.211. The van der Waals surface area contributed by atoms with Gasteiger partial charge in [0.1, 0.15) is 0 Å². The Balaban J connectivity index is 1.98. The van der Waals surface area contributed by atoms with E-state index in [4.69, 9.17) is 16.5 Å². The molecule has 7 heteroatoms. The first-order valence-electron chi connectivity index (χ1n) is 9.23. The topological polar surface area (TPSA) is 123 Å². The molecule has 1 aromatic heterocycles. The van der Waals surface area contributed by atoms with Crippen LogP contribution in [0, 0.1) is 0 Å². The number of hydrogen-bond donors (Lipinski definition) is 4. The van der Waals surface area contributed by atoms with Crippen LogP contribution in [0.25, 0.3) is 21.8 Å². The van der Waals surface area contributed by atoms with E-state index in [1.165, 1.54) is 0 Å².